The van der Waals surface area contributed by atoms with E-state index in [1.165, 1.54) is 38.4 Å². The highest BCUT2D eigenvalue weighted by Crippen LogP contribution is 2.43. The van der Waals surface area contributed by atoms with Crippen molar-refractivity contribution in [3.05, 3.63) is 133 Å². The van der Waals surface area contributed by atoms with Crippen molar-refractivity contribution >= 4 is 71.7 Å². The number of carbonyl (C=O) groups is 2. The fourth-order valence-electron chi connectivity index (χ4n) is 8.47. The molecule has 0 bridgehead atoms. The minimum atomic E-state index is -0.754. The summed E-state index contributed by atoms with van der Waals surface area (Å²) >= 11 is 6.18. The van der Waals surface area contributed by atoms with Crippen LogP contribution in [0.1, 0.15) is 119 Å². The molecule has 9 rings (SSSR count). The van der Waals surface area contributed by atoms with Crippen molar-refractivity contribution in [3.8, 4) is 11.4 Å². The molecule has 402 valence electrons. The number of fused-ring (bicyclic) bond motifs is 2. The van der Waals surface area contributed by atoms with Gasteiger partial charge in [-0.25, -0.2) is 8.78 Å². The van der Waals surface area contributed by atoms with Gasteiger partial charge in [-0.1, -0.05) is 29.8 Å². The Kier molecular flexibility index (Phi) is 16.2. The molecule has 3 fully saturated rings. The second-order valence-electron chi connectivity index (χ2n) is 22.1. The van der Waals surface area contributed by atoms with Crippen LogP contribution in [-0.4, -0.2) is 86.2 Å². The second kappa shape index (κ2) is 21.2. The van der Waals surface area contributed by atoms with Crippen molar-refractivity contribution in [1.29, 1.82) is 0 Å². The van der Waals surface area contributed by atoms with Crippen LogP contribution in [0, 0.1) is 25.5 Å². The van der Waals surface area contributed by atoms with Gasteiger partial charge >= 0.3 is 33.1 Å². The van der Waals surface area contributed by atoms with Gasteiger partial charge in [-0.05, 0) is 156 Å². The fourth-order valence-corrected chi connectivity index (χ4v) is 8.69. The quantitative estimate of drug-likeness (QED) is 0.104. The molecule has 3 aliphatic heterocycles. The van der Waals surface area contributed by atoms with E-state index in [-0.39, 0.29) is 46.4 Å². The van der Waals surface area contributed by atoms with E-state index in [1.54, 1.807) is 62.4 Å². The lowest BCUT2D eigenvalue weighted by atomic mass is 9.49. The predicted molar refractivity (Wildman–Crippen MR) is 288 cm³/mol. The van der Waals surface area contributed by atoms with E-state index in [2.05, 4.69) is 10.2 Å². The molecule has 4 aromatic carbocycles. The molecule has 0 unspecified atom stereocenters. The van der Waals surface area contributed by atoms with E-state index in [4.69, 9.17) is 49.0 Å². The molecular weight excluding hydrogens is 1000 g/mol. The number of hydrogen-bond acceptors (Lipinski definition) is 14. The minimum absolute atomic E-state index is 0.0565. The van der Waals surface area contributed by atoms with E-state index in [9.17, 15) is 28.0 Å². The lowest BCUT2D eigenvalue weighted by molar-refractivity contribution is -0.143. The van der Waals surface area contributed by atoms with Crippen molar-refractivity contribution in [3.63, 3.8) is 0 Å². The first-order chi connectivity index (χ1) is 35.2. The van der Waals surface area contributed by atoms with E-state index in [1.807, 2.05) is 83.1 Å². The van der Waals surface area contributed by atoms with Crippen LogP contribution in [0.4, 0.5) is 8.78 Å². The summed E-state index contributed by atoms with van der Waals surface area (Å²) in [6, 6.07) is 16.1. The monoisotopic (exact) mass is 1070 g/mol. The first-order valence-electron chi connectivity index (χ1n) is 24.8. The molecule has 3 saturated heterocycles. The topological polar surface area (TPSA) is 178 Å². The Morgan fingerprint density at radius 3 is 1.32 bits per heavy atom. The minimum Gasteiger partial charge on any atom is -0.461 e. The smallest absolute Gasteiger partial charge is 0.461 e. The summed E-state index contributed by atoms with van der Waals surface area (Å²) in [7, 11) is -1.71. The summed E-state index contributed by atoms with van der Waals surface area (Å²) in [5, 5.41) is 9.45. The summed E-state index contributed by atoms with van der Waals surface area (Å²) in [5.74, 6) is -2.19. The predicted octanol–water partition coefficient (Wildman–Crippen LogP) is 8.99. The van der Waals surface area contributed by atoms with E-state index < -0.39 is 67.0 Å². The molecular formula is C54H64B3ClF2N4O12. The van der Waals surface area contributed by atoms with Crippen molar-refractivity contribution < 1.29 is 55.8 Å². The number of aryl methyl sites for hydroxylation is 2. The van der Waals surface area contributed by atoms with Gasteiger partial charge in [-0.15, -0.1) is 0 Å². The Morgan fingerprint density at radius 2 is 0.921 bits per heavy atom. The maximum Gasteiger partial charge on any atom is 0.495 e. The number of benzene rings is 4. The van der Waals surface area contributed by atoms with Gasteiger partial charge < -0.3 is 37.4 Å². The zero-order valence-corrected chi connectivity index (χ0v) is 46.7. The van der Waals surface area contributed by atoms with E-state index in [0.29, 0.717) is 54.9 Å². The van der Waals surface area contributed by atoms with Crippen molar-refractivity contribution in [2.24, 2.45) is 0 Å². The number of nitrogens with zero attached hydrogens (tertiary/aromatic N) is 4. The van der Waals surface area contributed by atoms with Gasteiger partial charge in [0, 0.05) is 40.8 Å². The van der Waals surface area contributed by atoms with Gasteiger partial charge in [0.1, 0.15) is 24.8 Å². The number of rotatable bonds is 8. The molecule has 76 heavy (non-hydrogen) atoms. The van der Waals surface area contributed by atoms with Gasteiger partial charge in [0.2, 0.25) is 0 Å². The molecule has 3 aliphatic rings. The first-order valence-corrected chi connectivity index (χ1v) is 25.2. The Morgan fingerprint density at radius 1 is 0.566 bits per heavy atom. The molecule has 2 aromatic heterocycles. The van der Waals surface area contributed by atoms with Crippen LogP contribution in [0.15, 0.2) is 82.6 Å². The van der Waals surface area contributed by atoms with Crippen LogP contribution in [0.25, 0.3) is 32.9 Å². The fraction of sp³-hybridized carbons (Fsp3) is 0.444. The molecule has 0 amide bonds. The lowest BCUT2D eigenvalue weighted by Crippen LogP contribution is -2.41. The third kappa shape index (κ3) is 11.6. The number of esters is 2. The molecule has 0 atom stereocenters. The molecule has 0 saturated carbocycles. The van der Waals surface area contributed by atoms with Crippen LogP contribution in [0.5, 0.6) is 0 Å². The summed E-state index contributed by atoms with van der Waals surface area (Å²) in [4.78, 5) is 48.8. The average Bonchev–Trinajstić information content (AvgIpc) is 3.77. The first kappa shape index (κ1) is 57.9. The summed E-state index contributed by atoms with van der Waals surface area (Å²) < 4.78 is 77.7. The van der Waals surface area contributed by atoms with Gasteiger partial charge in [-0.3, -0.25) is 19.2 Å². The van der Waals surface area contributed by atoms with Gasteiger partial charge in [0.25, 0.3) is 11.1 Å². The summed E-state index contributed by atoms with van der Waals surface area (Å²) in [6.45, 7) is 29.8. The van der Waals surface area contributed by atoms with Crippen LogP contribution in [0.3, 0.4) is 0 Å². The third-order valence-corrected chi connectivity index (χ3v) is 15.2. The third-order valence-electron chi connectivity index (χ3n) is 14.8. The largest absolute Gasteiger partial charge is 0.495 e. The molecule has 0 radical (unpaired) electrons. The van der Waals surface area contributed by atoms with Gasteiger partial charge in [0.15, 0.2) is 0 Å². The van der Waals surface area contributed by atoms with Crippen molar-refractivity contribution in [2.75, 3.05) is 0 Å². The maximum atomic E-state index is 14.7. The number of carbonyl (C=O) groups excluding carboxylic acids is 2. The molecule has 22 heteroatoms. The highest BCUT2D eigenvalue weighted by Gasteiger charge is 2.64. The Hall–Kier alpha value is -5.80. The molecule has 6 aromatic rings. The number of halogens is 3. The number of ether oxygens (including phenoxy) is 2. The van der Waals surface area contributed by atoms with Gasteiger partial charge in [-0.2, -0.15) is 19.6 Å². The lowest BCUT2D eigenvalue weighted by Gasteiger charge is -2.32. The van der Waals surface area contributed by atoms with E-state index >= 15 is 0 Å². The summed E-state index contributed by atoms with van der Waals surface area (Å²) in [6.07, 6.45) is 2.87. The molecule has 16 nitrogen and oxygen atoms in total. The normalized spacial score (nSPS) is 18.5. The Labute approximate surface area is 447 Å². The highest BCUT2D eigenvalue weighted by atomic mass is 35.5. The molecule has 0 N–H and O–H groups in total. The standard InChI is InChI=1S/C24H26BFN2O5.C18H14ClFN2O3.C12H24B2O4/c1-14-10-16-12-27-28(22(30)21(16)19(26)11-14)20-9-7-8-18(17(20)13-31-15(2)29)25-32-23(3,4)24(5,6)33-25;1-10-6-12-8-21-22(18(24)17(12)15(20)7-10)16-5-3-4-14(19)13(16)9-25-11(2)23;1-9(2)10(3,4)16-13(15-9)14-17-11(5,6)12(7,8)18-14/h7-12H,13H2,1-6H3;3-8H,9H2,1-2H3;1-8H3. The second-order valence-corrected chi connectivity index (χ2v) is 22.5. The molecule has 0 aliphatic carbocycles. The van der Waals surface area contributed by atoms with Crippen LogP contribution in [-0.2, 0) is 60.2 Å². The number of hydrogen-bond donors (Lipinski definition) is 0. The Balaban J connectivity index is 0.000000174. The molecule has 5 heterocycles. The van der Waals surface area contributed by atoms with E-state index in [0.717, 1.165) is 9.36 Å². The van der Waals surface area contributed by atoms with Crippen LogP contribution >= 0.6 is 11.6 Å². The summed E-state index contributed by atoms with van der Waals surface area (Å²) in [5.41, 5.74) is -0.252. The highest BCUT2D eigenvalue weighted by molar-refractivity contribution is 7.11. The van der Waals surface area contributed by atoms with Crippen molar-refractivity contribution in [2.45, 2.75) is 158 Å². The van der Waals surface area contributed by atoms with Gasteiger partial charge in [0.05, 0.1) is 68.1 Å². The zero-order chi connectivity index (χ0) is 56.2. The zero-order valence-electron chi connectivity index (χ0n) is 45.9. The average molecular weight is 1070 g/mol. The number of aromatic nitrogens is 4. The Bertz CT molecular complexity index is 3280. The van der Waals surface area contributed by atoms with Crippen molar-refractivity contribution in [1.82, 2.24) is 19.6 Å². The molecule has 0 spiro atoms. The maximum absolute atomic E-state index is 14.7. The van der Waals surface area contributed by atoms with Crippen LogP contribution < -0.4 is 16.6 Å². The van der Waals surface area contributed by atoms with Crippen LogP contribution in [0.2, 0.25) is 5.02 Å². The SMILES string of the molecule is CC(=O)OCc1c(B2OC(C)(C)C(C)(C)O2)cccc1-n1ncc2cc(C)cc(F)c2c1=O.CC(=O)OCc1c(Cl)cccc1-n1ncc2cc(C)cc(F)c2c1=O.CC1(C)OB(B2OC(C)(C)C(C)(C)O2)OC1(C)C.